The normalized spacial score (nSPS) is 13.3. The Morgan fingerprint density at radius 2 is 2.16 bits per heavy atom. The first-order chi connectivity index (χ1) is 8.38. The zero-order valence-corrected chi connectivity index (χ0v) is 11.5. The molecule has 0 bridgehead atoms. The Balaban J connectivity index is 0.00000324. The van der Waals surface area contributed by atoms with Crippen LogP contribution in [0.5, 0.6) is 5.75 Å². The monoisotopic (exact) mass is 315 g/mol. The van der Waals surface area contributed by atoms with Crippen molar-refractivity contribution in [3.05, 3.63) is 28.5 Å². The fourth-order valence-electron chi connectivity index (χ4n) is 1.37. The van der Waals surface area contributed by atoms with Gasteiger partial charge in [0.05, 0.1) is 17.7 Å². The van der Waals surface area contributed by atoms with Crippen LogP contribution in [0, 0.1) is 5.82 Å². The number of nitrogens with two attached hydrogens (primary N) is 1. The third kappa shape index (κ3) is 4.19. The van der Waals surface area contributed by atoms with Crippen LogP contribution in [0.1, 0.15) is 18.5 Å². The van der Waals surface area contributed by atoms with Crippen LogP contribution in [0.4, 0.5) is 8.78 Å². The Labute approximate surface area is 119 Å². The lowest BCUT2D eigenvalue weighted by Crippen LogP contribution is -2.31. The van der Waals surface area contributed by atoms with Gasteiger partial charge >= 0.3 is 5.97 Å². The largest absolute Gasteiger partial charge is 0.506 e. The number of rotatable bonds is 4. The second kappa shape index (κ2) is 7.47. The first kappa shape index (κ1) is 17.9. The molecule has 0 amide bonds. The summed E-state index contributed by atoms with van der Waals surface area (Å²) in [6.07, 6.45) is -2.21. The van der Waals surface area contributed by atoms with Crippen LogP contribution >= 0.6 is 24.0 Å². The molecule has 0 spiro atoms. The molecule has 0 heterocycles. The van der Waals surface area contributed by atoms with Crippen molar-refractivity contribution in [3.8, 4) is 5.75 Å². The quantitative estimate of drug-likeness (QED) is 0.837. The molecular formula is C11H13Cl2F2NO3. The molecule has 0 aliphatic rings. The van der Waals surface area contributed by atoms with E-state index in [4.69, 9.17) is 17.3 Å². The van der Waals surface area contributed by atoms with Gasteiger partial charge in [-0.2, -0.15) is 0 Å². The van der Waals surface area contributed by atoms with Gasteiger partial charge in [0.2, 0.25) is 6.17 Å². The van der Waals surface area contributed by atoms with Crippen molar-refractivity contribution in [1.82, 2.24) is 0 Å². The lowest BCUT2D eigenvalue weighted by molar-refractivity contribution is -0.149. The van der Waals surface area contributed by atoms with Crippen molar-refractivity contribution in [3.63, 3.8) is 0 Å². The SMILES string of the molecule is CCOC(=O)C(F)[C@@H](N)c1cc(F)cc(Cl)c1O.Cl. The van der Waals surface area contributed by atoms with Crippen LogP contribution in [0.3, 0.4) is 0 Å². The van der Waals surface area contributed by atoms with E-state index in [1.54, 1.807) is 0 Å². The summed E-state index contributed by atoms with van der Waals surface area (Å²) in [6.45, 7) is 1.49. The molecule has 0 aromatic heterocycles. The van der Waals surface area contributed by atoms with E-state index in [2.05, 4.69) is 4.74 Å². The van der Waals surface area contributed by atoms with Crippen molar-refractivity contribution >= 4 is 30.0 Å². The van der Waals surface area contributed by atoms with Crippen LogP contribution < -0.4 is 5.73 Å². The van der Waals surface area contributed by atoms with Crippen molar-refractivity contribution in [2.45, 2.75) is 19.1 Å². The Bertz CT molecular complexity index is 460. The van der Waals surface area contributed by atoms with Crippen molar-refractivity contribution in [1.29, 1.82) is 0 Å². The van der Waals surface area contributed by atoms with Gasteiger partial charge in [-0.25, -0.2) is 13.6 Å². The van der Waals surface area contributed by atoms with Crippen LogP contribution in [-0.2, 0) is 9.53 Å². The number of halogens is 4. The van der Waals surface area contributed by atoms with E-state index in [1.807, 2.05) is 0 Å². The minimum absolute atomic E-state index is 0. The van der Waals surface area contributed by atoms with Gasteiger partial charge in [0, 0.05) is 5.56 Å². The fourth-order valence-corrected chi connectivity index (χ4v) is 1.58. The topological polar surface area (TPSA) is 72.5 Å². The Morgan fingerprint density at radius 3 is 2.68 bits per heavy atom. The van der Waals surface area contributed by atoms with Gasteiger partial charge in [-0.1, -0.05) is 11.6 Å². The molecule has 1 aromatic rings. The van der Waals surface area contributed by atoms with E-state index in [-0.39, 0.29) is 29.6 Å². The van der Waals surface area contributed by atoms with Gasteiger partial charge in [0.25, 0.3) is 0 Å². The number of ether oxygens (including phenoxy) is 1. The number of phenolic OH excluding ortho intramolecular Hbond substituents is 1. The molecule has 4 nitrogen and oxygen atoms in total. The number of hydrogen-bond donors (Lipinski definition) is 2. The molecule has 0 saturated carbocycles. The highest BCUT2D eigenvalue weighted by molar-refractivity contribution is 6.32. The number of aromatic hydroxyl groups is 1. The summed E-state index contributed by atoms with van der Waals surface area (Å²) in [5.74, 6) is -2.53. The number of alkyl halides is 1. The molecule has 8 heteroatoms. The summed E-state index contributed by atoms with van der Waals surface area (Å²) < 4.78 is 31.2. The first-order valence-corrected chi connectivity index (χ1v) is 5.50. The summed E-state index contributed by atoms with van der Waals surface area (Å²) >= 11 is 5.52. The summed E-state index contributed by atoms with van der Waals surface area (Å²) in [7, 11) is 0. The molecule has 0 aliphatic carbocycles. The van der Waals surface area contributed by atoms with Crippen LogP contribution in [0.15, 0.2) is 12.1 Å². The summed E-state index contributed by atoms with van der Waals surface area (Å²) in [6, 6.07) is 0.111. The maximum absolute atomic E-state index is 13.6. The zero-order valence-electron chi connectivity index (χ0n) is 9.90. The van der Waals surface area contributed by atoms with Crippen LogP contribution in [0.2, 0.25) is 5.02 Å². The molecule has 1 unspecified atom stereocenters. The maximum atomic E-state index is 13.6. The van der Waals surface area contributed by atoms with E-state index in [0.717, 1.165) is 12.1 Å². The second-order valence-electron chi connectivity index (χ2n) is 3.51. The van der Waals surface area contributed by atoms with Crippen molar-refractivity contribution in [2.24, 2.45) is 5.73 Å². The third-order valence-corrected chi connectivity index (χ3v) is 2.53. The summed E-state index contributed by atoms with van der Waals surface area (Å²) in [5, 5.41) is 9.25. The summed E-state index contributed by atoms with van der Waals surface area (Å²) in [5.41, 5.74) is 5.16. The minimum Gasteiger partial charge on any atom is -0.506 e. The Kier molecular flexibility index (Phi) is 7.04. The fraction of sp³-hybridized carbons (Fsp3) is 0.364. The highest BCUT2D eigenvalue weighted by Crippen LogP contribution is 2.33. The van der Waals surface area contributed by atoms with E-state index < -0.39 is 29.7 Å². The van der Waals surface area contributed by atoms with Gasteiger partial charge in [-0.05, 0) is 19.1 Å². The van der Waals surface area contributed by atoms with Gasteiger partial charge < -0.3 is 15.6 Å². The molecule has 0 radical (unpaired) electrons. The number of esters is 1. The number of hydrogen-bond acceptors (Lipinski definition) is 4. The van der Waals surface area contributed by atoms with Gasteiger partial charge in [-0.3, -0.25) is 0 Å². The second-order valence-corrected chi connectivity index (χ2v) is 3.91. The molecule has 3 N–H and O–H groups in total. The minimum atomic E-state index is -2.21. The molecule has 2 atom stereocenters. The predicted octanol–water partition coefficient (Wildman–Crippen LogP) is 2.51. The number of carbonyl (C=O) groups is 1. The molecule has 1 rings (SSSR count). The average molecular weight is 316 g/mol. The van der Waals surface area contributed by atoms with Crippen molar-refractivity contribution < 1.29 is 23.4 Å². The van der Waals surface area contributed by atoms with E-state index in [1.165, 1.54) is 6.92 Å². The highest BCUT2D eigenvalue weighted by Gasteiger charge is 2.30. The highest BCUT2D eigenvalue weighted by atomic mass is 35.5. The smallest absolute Gasteiger partial charge is 0.342 e. The lowest BCUT2D eigenvalue weighted by atomic mass is 10.0. The Hall–Kier alpha value is -1.11. The van der Waals surface area contributed by atoms with Crippen LogP contribution in [0.25, 0.3) is 0 Å². The third-order valence-electron chi connectivity index (χ3n) is 2.24. The van der Waals surface area contributed by atoms with Crippen molar-refractivity contribution in [2.75, 3.05) is 6.61 Å². The van der Waals surface area contributed by atoms with Gasteiger partial charge in [0.1, 0.15) is 11.6 Å². The average Bonchev–Trinajstić information content (AvgIpc) is 2.32. The van der Waals surface area contributed by atoms with Crippen LogP contribution in [-0.4, -0.2) is 23.9 Å². The molecule has 0 saturated heterocycles. The zero-order chi connectivity index (χ0) is 13.9. The molecule has 19 heavy (non-hydrogen) atoms. The molecule has 108 valence electrons. The van der Waals surface area contributed by atoms with Gasteiger partial charge in [0.15, 0.2) is 0 Å². The molecular weight excluding hydrogens is 303 g/mol. The molecule has 1 aromatic carbocycles. The number of phenols is 1. The molecule has 0 aliphatic heterocycles. The standard InChI is InChI=1S/C11H12ClF2NO3.ClH/c1-2-18-11(17)8(14)9(15)6-3-5(13)4-7(12)10(6)16;/h3-4,8-9,16H,2,15H2,1H3;1H/t8?,9-;/m0./s1. The Morgan fingerprint density at radius 1 is 1.58 bits per heavy atom. The number of carbonyl (C=O) groups excluding carboxylic acids is 1. The van der Waals surface area contributed by atoms with Gasteiger partial charge in [-0.15, -0.1) is 12.4 Å². The van der Waals surface area contributed by atoms with E-state index in [0.29, 0.717) is 0 Å². The number of benzene rings is 1. The predicted molar refractivity (Wildman–Crippen MR) is 68.8 cm³/mol. The van der Waals surface area contributed by atoms with E-state index >= 15 is 0 Å². The van der Waals surface area contributed by atoms with E-state index in [9.17, 15) is 18.7 Å². The first-order valence-electron chi connectivity index (χ1n) is 5.12. The maximum Gasteiger partial charge on any atom is 0.342 e. The summed E-state index contributed by atoms with van der Waals surface area (Å²) in [4.78, 5) is 11.2. The molecule has 0 fully saturated rings. The lowest BCUT2D eigenvalue weighted by Gasteiger charge is -2.17.